The lowest BCUT2D eigenvalue weighted by Gasteiger charge is -2.26. The van der Waals surface area contributed by atoms with Crippen molar-refractivity contribution in [2.24, 2.45) is 0 Å². The molecule has 1 fully saturated rings. The van der Waals surface area contributed by atoms with E-state index in [9.17, 15) is 0 Å². The maximum Gasteiger partial charge on any atom is 0.129 e. The van der Waals surface area contributed by atoms with E-state index in [0.29, 0.717) is 0 Å². The Morgan fingerprint density at radius 3 is 2.73 bits per heavy atom. The summed E-state index contributed by atoms with van der Waals surface area (Å²) in [6.07, 6.45) is 1.03. The molecule has 0 saturated carbocycles. The maximum atomic E-state index is 5.92. The molecule has 0 radical (unpaired) electrons. The molecule has 0 aliphatic carbocycles. The third kappa shape index (κ3) is 5.84. The van der Waals surface area contributed by atoms with Gasteiger partial charge in [-0.05, 0) is 36.8 Å². The predicted molar refractivity (Wildman–Crippen MR) is 109 cm³/mol. The van der Waals surface area contributed by atoms with Gasteiger partial charge in [0.05, 0.1) is 25.3 Å². The van der Waals surface area contributed by atoms with Crippen LogP contribution in [0.2, 0.25) is 19.6 Å². The number of hydrogen-bond donors (Lipinski definition) is 0. The van der Waals surface area contributed by atoms with E-state index in [0.717, 1.165) is 68.2 Å². The van der Waals surface area contributed by atoms with Gasteiger partial charge in [-0.25, -0.2) is 4.98 Å². The fourth-order valence-electron chi connectivity index (χ4n) is 2.82. The van der Waals surface area contributed by atoms with Gasteiger partial charge in [0.2, 0.25) is 0 Å². The van der Waals surface area contributed by atoms with E-state index >= 15 is 0 Å². The highest BCUT2D eigenvalue weighted by atomic mass is 28.3. The van der Waals surface area contributed by atoms with Crippen molar-refractivity contribution in [3.05, 3.63) is 36.0 Å². The van der Waals surface area contributed by atoms with Gasteiger partial charge in [-0.3, -0.25) is 4.90 Å². The highest BCUT2D eigenvalue weighted by Crippen LogP contribution is 2.20. The molecule has 0 bridgehead atoms. The monoisotopic (exact) mass is 368 g/mol. The summed E-state index contributed by atoms with van der Waals surface area (Å²) in [6, 6.07) is 10.2. The molecular formula is C21H28N2O2Si. The lowest BCUT2D eigenvalue weighted by molar-refractivity contribution is 0.0358. The molecule has 5 heteroatoms. The second kappa shape index (κ2) is 8.68. The molecule has 4 nitrogen and oxygen atoms in total. The Hall–Kier alpha value is -1.87. The topological polar surface area (TPSA) is 34.6 Å². The van der Waals surface area contributed by atoms with E-state index in [-0.39, 0.29) is 0 Å². The second-order valence-electron chi connectivity index (χ2n) is 7.71. The summed E-state index contributed by atoms with van der Waals surface area (Å²) in [4.78, 5) is 7.08. The highest BCUT2D eigenvalue weighted by Gasteiger charge is 2.10. The second-order valence-corrected chi connectivity index (χ2v) is 12.5. The largest absolute Gasteiger partial charge is 0.494 e. The third-order valence-electron chi connectivity index (χ3n) is 4.22. The molecule has 0 spiro atoms. The van der Waals surface area contributed by atoms with Crippen LogP contribution in [-0.2, 0) is 4.74 Å². The van der Waals surface area contributed by atoms with Crippen molar-refractivity contribution in [1.82, 2.24) is 9.88 Å². The number of nitrogens with zero attached hydrogens (tertiary/aromatic N) is 2. The zero-order chi connectivity index (χ0) is 18.4. The SMILES string of the molecule is C[Si](C)(C)C#Cc1ccc2cc(OCCCN3CCOCC3)ccc2n1. The van der Waals surface area contributed by atoms with E-state index in [1.54, 1.807) is 0 Å². The molecule has 2 heterocycles. The van der Waals surface area contributed by atoms with Gasteiger partial charge in [0.1, 0.15) is 19.5 Å². The van der Waals surface area contributed by atoms with E-state index < -0.39 is 8.07 Å². The van der Waals surface area contributed by atoms with Crippen LogP contribution in [0.3, 0.4) is 0 Å². The van der Waals surface area contributed by atoms with E-state index in [4.69, 9.17) is 9.47 Å². The van der Waals surface area contributed by atoms with Crippen molar-refractivity contribution in [3.8, 4) is 17.2 Å². The number of rotatable bonds is 5. The highest BCUT2D eigenvalue weighted by molar-refractivity contribution is 6.83. The minimum atomic E-state index is -1.38. The molecule has 1 aliphatic heterocycles. The summed E-state index contributed by atoms with van der Waals surface area (Å²) in [5.74, 6) is 4.13. The first kappa shape index (κ1) is 18.9. The first-order chi connectivity index (χ1) is 12.5. The van der Waals surface area contributed by atoms with Crippen molar-refractivity contribution in [1.29, 1.82) is 0 Å². The van der Waals surface area contributed by atoms with Crippen molar-refractivity contribution >= 4 is 19.0 Å². The molecule has 2 aromatic rings. The van der Waals surface area contributed by atoms with E-state index in [2.05, 4.69) is 53.1 Å². The lowest BCUT2D eigenvalue weighted by Crippen LogP contribution is -2.37. The molecule has 26 heavy (non-hydrogen) atoms. The summed E-state index contributed by atoms with van der Waals surface area (Å²) in [6.45, 7) is 12.3. The van der Waals surface area contributed by atoms with Crippen molar-refractivity contribution in [2.45, 2.75) is 26.1 Å². The molecule has 1 aromatic carbocycles. The normalized spacial score (nSPS) is 15.5. The van der Waals surface area contributed by atoms with Crippen LogP contribution in [0.15, 0.2) is 30.3 Å². The molecule has 3 rings (SSSR count). The van der Waals surface area contributed by atoms with Crippen molar-refractivity contribution in [2.75, 3.05) is 39.5 Å². The molecule has 0 unspecified atom stereocenters. The third-order valence-corrected chi connectivity index (χ3v) is 5.09. The average molecular weight is 369 g/mol. The standard InChI is InChI=1S/C21H28N2O2Si/c1-26(2,3)16-9-19-6-5-18-17-20(7-8-21(18)22-19)25-13-4-10-23-11-14-24-15-12-23/h5-8,17H,4,10-15H2,1-3H3. The summed E-state index contributed by atoms with van der Waals surface area (Å²) >= 11 is 0. The Balaban J connectivity index is 1.56. The molecule has 0 N–H and O–H groups in total. The van der Waals surface area contributed by atoms with Crippen molar-refractivity contribution < 1.29 is 9.47 Å². The molecule has 1 saturated heterocycles. The van der Waals surface area contributed by atoms with Gasteiger partial charge >= 0.3 is 0 Å². The Kier molecular flexibility index (Phi) is 6.31. The van der Waals surface area contributed by atoms with Gasteiger partial charge in [0, 0.05) is 25.0 Å². The first-order valence-corrected chi connectivity index (χ1v) is 12.9. The summed E-state index contributed by atoms with van der Waals surface area (Å²) in [5.41, 5.74) is 5.18. The number of morpholine rings is 1. The van der Waals surface area contributed by atoms with Gasteiger partial charge in [0.15, 0.2) is 0 Å². The molecule has 1 aliphatic rings. The van der Waals surface area contributed by atoms with E-state index in [1.807, 2.05) is 18.2 Å². The number of ether oxygens (including phenoxy) is 2. The number of benzene rings is 1. The van der Waals surface area contributed by atoms with Crippen LogP contribution in [0, 0.1) is 11.5 Å². The van der Waals surface area contributed by atoms with Gasteiger partial charge in [-0.2, -0.15) is 0 Å². The Labute approximate surface area is 157 Å². The molecular weight excluding hydrogens is 340 g/mol. The number of hydrogen-bond acceptors (Lipinski definition) is 4. The summed E-state index contributed by atoms with van der Waals surface area (Å²) in [5, 5.41) is 1.09. The number of pyridine rings is 1. The van der Waals surface area contributed by atoms with Crippen LogP contribution >= 0.6 is 0 Å². The van der Waals surface area contributed by atoms with Crippen LogP contribution in [0.5, 0.6) is 5.75 Å². The zero-order valence-electron chi connectivity index (χ0n) is 16.0. The van der Waals surface area contributed by atoms with Crippen LogP contribution in [0.25, 0.3) is 10.9 Å². The minimum Gasteiger partial charge on any atom is -0.494 e. The average Bonchev–Trinajstić information content (AvgIpc) is 2.63. The molecule has 1 aromatic heterocycles. The van der Waals surface area contributed by atoms with Crippen LogP contribution in [0.4, 0.5) is 0 Å². The fourth-order valence-corrected chi connectivity index (χ4v) is 3.32. The maximum absolute atomic E-state index is 5.92. The van der Waals surface area contributed by atoms with Crippen LogP contribution in [-0.4, -0.2) is 57.4 Å². The lowest BCUT2D eigenvalue weighted by atomic mass is 10.2. The quantitative estimate of drug-likeness (QED) is 0.459. The first-order valence-electron chi connectivity index (χ1n) is 9.36. The van der Waals surface area contributed by atoms with E-state index in [1.165, 1.54) is 0 Å². The predicted octanol–water partition coefficient (Wildman–Crippen LogP) is 3.56. The van der Waals surface area contributed by atoms with Gasteiger partial charge in [0.25, 0.3) is 0 Å². The Morgan fingerprint density at radius 2 is 1.96 bits per heavy atom. The fraction of sp³-hybridized carbons (Fsp3) is 0.476. The molecule has 138 valence electrons. The molecule has 0 amide bonds. The van der Waals surface area contributed by atoms with Crippen molar-refractivity contribution in [3.63, 3.8) is 0 Å². The Morgan fingerprint density at radius 1 is 1.15 bits per heavy atom. The zero-order valence-corrected chi connectivity index (χ0v) is 17.0. The number of aromatic nitrogens is 1. The van der Waals surface area contributed by atoms with Gasteiger partial charge < -0.3 is 9.47 Å². The smallest absolute Gasteiger partial charge is 0.129 e. The van der Waals surface area contributed by atoms with Crippen LogP contribution < -0.4 is 4.74 Å². The Bertz CT molecular complexity index is 799. The van der Waals surface area contributed by atoms with Gasteiger partial charge in [-0.15, -0.1) is 5.54 Å². The summed E-state index contributed by atoms with van der Waals surface area (Å²) < 4.78 is 11.3. The summed E-state index contributed by atoms with van der Waals surface area (Å²) in [7, 11) is -1.38. The van der Waals surface area contributed by atoms with Gasteiger partial charge in [-0.1, -0.05) is 25.6 Å². The minimum absolute atomic E-state index is 0.732. The van der Waals surface area contributed by atoms with Crippen LogP contribution in [0.1, 0.15) is 12.1 Å². The molecule has 0 atom stereocenters. The number of fused-ring (bicyclic) bond motifs is 1.